The third kappa shape index (κ3) is 27.1. The van der Waals surface area contributed by atoms with Crippen LogP contribution in [0.2, 0.25) is 0 Å². The van der Waals surface area contributed by atoms with Gasteiger partial charge in [-0.05, 0) is 246 Å². The smallest absolute Gasteiger partial charge is 0.410 e. The minimum Gasteiger partial charge on any atom is -0.444 e. The summed E-state index contributed by atoms with van der Waals surface area (Å²) in [5.74, 6) is -0.687. The van der Waals surface area contributed by atoms with E-state index in [-0.39, 0.29) is 82.9 Å². The lowest BCUT2D eigenvalue weighted by atomic mass is 9.96. The number of aryl methyl sites for hydroxylation is 6. The Kier molecular flexibility index (Phi) is 33.9. The molecule has 2 amide bonds. The van der Waals surface area contributed by atoms with Gasteiger partial charge < -0.3 is 48.1 Å². The quantitative estimate of drug-likeness (QED) is 0.0835. The van der Waals surface area contributed by atoms with Crippen LogP contribution in [-0.4, -0.2) is 172 Å². The van der Waals surface area contributed by atoms with Crippen LogP contribution in [0, 0.1) is 59.0 Å². The van der Waals surface area contributed by atoms with Gasteiger partial charge in [-0.25, -0.2) is 37.7 Å². The molecule has 0 radical (unpaired) electrons. The number of aromatic nitrogens is 6. The van der Waals surface area contributed by atoms with Gasteiger partial charge in [-0.3, -0.25) is 19.3 Å². The number of rotatable bonds is 18. The number of likely N-dealkylation sites (tertiary alicyclic amines) is 3. The van der Waals surface area contributed by atoms with Crippen molar-refractivity contribution in [2.75, 3.05) is 52.4 Å². The Balaban J connectivity index is 0.000000226. The predicted octanol–water partition coefficient (Wildman–Crippen LogP) is 12.2. The Bertz CT molecular complexity index is 5020. The SMILES string of the molecule is Cc1ccc2ncc(=O)n(CCN3CCC(N(Cc4ccc(C)c(F)c4)C(=O)OC(C)(C)C)CC3)c2c1.Cc1ccc2ncc(=O)n(CCN3CCC(N(Cc4ccc(C)c(F)c4)C(=O)OC(C)(C)C)CC3C)c2c1.Cc1ccc2ncc(=O)n(CCN3CCC(NCc4ccc(C)c(F)c4)CC3)c2c1.O=C=O.O=C=O.O=C=O. The van der Waals surface area contributed by atoms with Gasteiger partial charge in [0.1, 0.15) is 28.7 Å². The third-order valence-electron chi connectivity index (χ3n) is 20.2. The molecular formula is C86H105F3N12O13. The first kappa shape index (κ1) is 90.2. The number of hydrogen-bond acceptors (Lipinski definition) is 20. The summed E-state index contributed by atoms with van der Waals surface area (Å²) in [6, 6.07) is 34.2. The Hall–Kier alpha value is -11.0. The minimum atomic E-state index is -0.626. The summed E-state index contributed by atoms with van der Waals surface area (Å²) in [4.78, 5) is 136. The van der Waals surface area contributed by atoms with Gasteiger partial charge in [0.15, 0.2) is 0 Å². The van der Waals surface area contributed by atoms with Gasteiger partial charge >= 0.3 is 30.6 Å². The van der Waals surface area contributed by atoms with Crippen LogP contribution in [0.15, 0.2) is 142 Å². The van der Waals surface area contributed by atoms with E-state index < -0.39 is 11.2 Å². The number of piperidine rings is 3. The fourth-order valence-corrected chi connectivity index (χ4v) is 14.0. The number of halogens is 3. The van der Waals surface area contributed by atoms with E-state index in [2.05, 4.69) is 41.9 Å². The average molecular weight is 1570 g/mol. The summed E-state index contributed by atoms with van der Waals surface area (Å²) in [6.07, 6.45) is 9.38. The van der Waals surface area contributed by atoms with Crippen molar-refractivity contribution in [1.82, 2.24) is 58.5 Å². The van der Waals surface area contributed by atoms with E-state index in [1.165, 1.54) is 30.7 Å². The average Bonchev–Trinajstić information content (AvgIpc) is 0.814. The summed E-state index contributed by atoms with van der Waals surface area (Å²) >= 11 is 0. The van der Waals surface area contributed by atoms with Gasteiger partial charge in [-0.1, -0.05) is 54.6 Å². The van der Waals surface area contributed by atoms with Crippen molar-refractivity contribution in [3.63, 3.8) is 0 Å². The number of hydrogen-bond donors (Lipinski definition) is 1. The molecule has 0 bridgehead atoms. The fourth-order valence-electron chi connectivity index (χ4n) is 14.0. The Morgan fingerprint density at radius 3 is 1.15 bits per heavy atom. The largest absolute Gasteiger partial charge is 0.444 e. The van der Waals surface area contributed by atoms with Crippen molar-refractivity contribution in [3.05, 3.63) is 226 Å². The lowest BCUT2D eigenvalue weighted by molar-refractivity contribution is -0.193. The molecule has 2 atom stereocenters. The van der Waals surface area contributed by atoms with E-state index in [1.807, 2.05) is 146 Å². The van der Waals surface area contributed by atoms with Gasteiger partial charge in [0.25, 0.3) is 16.7 Å². The van der Waals surface area contributed by atoms with E-state index in [0.717, 1.165) is 157 Å². The molecule has 12 rings (SSSR count). The van der Waals surface area contributed by atoms with Crippen LogP contribution in [0.5, 0.6) is 0 Å². The lowest BCUT2D eigenvalue weighted by Crippen LogP contribution is -2.52. The highest BCUT2D eigenvalue weighted by Gasteiger charge is 2.36. The first-order chi connectivity index (χ1) is 54.1. The number of nitrogens with one attached hydrogen (secondary N) is 1. The summed E-state index contributed by atoms with van der Waals surface area (Å²) in [5.41, 5.74) is 11.2. The van der Waals surface area contributed by atoms with Gasteiger partial charge in [0, 0.05) is 103 Å². The maximum absolute atomic E-state index is 14.3. The topological polar surface area (TPSA) is 288 Å². The zero-order valence-electron chi connectivity index (χ0n) is 67.4. The molecular weight excluding hydrogens is 1470 g/mol. The second kappa shape index (κ2) is 42.8. The van der Waals surface area contributed by atoms with Crippen molar-refractivity contribution < 1.29 is 61.0 Å². The van der Waals surface area contributed by atoms with E-state index >= 15 is 0 Å². The third-order valence-corrected chi connectivity index (χ3v) is 20.2. The molecule has 6 aromatic carbocycles. The molecule has 25 nitrogen and oxygen atoms in total. The van der Waals surface area contributed by atoms with Crippen LogP contribution in [0.1, 0.15) is 137 Å². The highest BCUT2D eigenvalue weighted by Crippen LogP contribution is 2.29. The molecule has 9 aromatic rings. The summed E-state index contributed by atoms with van der Waals surface area (Å²) < 4.78 is 59.1. The van der Waals surface area contributed by atoms with Crippen molar-refractivity contribution in [2.24, 2.45) is 0 Å². The number of amides is 2. The Labute approximate surface area is 662 Å². The summed E-state index contributed by atoms with van der Waals surface area (Å²) in [5, 5.41) is 3.56. The maximum atomic E-state index is 14.3. The normalized spacial score (nSPS) is 15.4. The Morgan fingerprint density at radius 2 is 0.789 bits per heavy atom. The van der Waals surface area contributed by atoms with Crippen LogP contribution in [-0.2, 0) is 77.5 Å². The van der Waals surface area contributed by atoms with Crippen LogP contribution < -0.4 is 22.0 Å². The molecule has 0 spiro atoms. The summed E-state index contributed by atoms with van der Waals surface area (Å²) in [6.45, 7) is 34.3. The number of carbonyl (C=O) groups excluding carboxylic acids is 8. The molecule has 3 aromatic heterocycles. The van der Waals surface area contributed by atoms with Gasteiger partial charge in [-0.15, -0.1) is 0 Å². The number of ether oxygens (including phenoxy) is 2. The van der Waals surface area contributed by atoms with E-state index in [0.29, 0.717) is 62.0 Å². The van der Waals surface area contributed by atoms with E-state index in [1.54, 1.807) is 57.9 Å². The van der Waals surface area contributed by atoms with Crippen LogP contribution in [0.4, 0.5) is 22.8 Å². The molecule has 0 aliphatic carbocycles. The predicted molar refractivity (Wildman–Crippen MR) is 424 cm³/mol. The molecule has 3 fully saturated rings. The summed E-state index contributed by atoms with van der Waals surface area (Å²) in [7, 11) is 0. The Morgan fingerprint density at radius 1 is 0.456 bits per heavy atom. The molecule has 0 saturated carbocycles. The molecule has 114 heavy (non-hydrogen) atoms. The van der Waals surface area contributed by atoms with Crippen LogP contribution in [0.25, 0.3) is 33.1 Å². The highest BCUT2D eigenvalue weighted by atomic mass is 19.1. The number of carbonyl (C=O) groups is 2. The van der Waals surface area contributed by atoms with Crippen molar-refractivity contribution in [1.29, 1.82) is 0 Å². The first-order valence-corrected chi connectivity index (χ1v) is 38.2. The van der Waals surface area contributed by atoms with Crippen LogP contribution in [0.3, 0.4) is 0 Å². The monoisotopic (exact) mass is 1570 g/mol. The standard InChI is InChI=1S/C30H39FN4O3.C29H37FN4O3.C24H29FN4O.3CO2/c1-20-7-10-26-27(15-20)34(28(36)18-32-26)14-13-33-12-11-24(16-22(33)3)35(29(37)38-30(4,5)6)19-23-9-8-21(2)25(31)17-23;1-20-6-9-25-26(16-20)33(27(35)18-31-25)15-14-32-12-10-23(11-13-32)34(28(36)37-29(3,4)5)19-22-8-7-21(2)24(30)17-22;1-17-3-6-22-23(13-17)29(24(30)16-27-22)12-11-28-9-7-20(8-10-28)26-15-19-5-4-18(2)21(25)14-19;3*2-1-3/h7-10,15,17-18,22,24H,11-14,16,19H2,1-6H3;6-9,16-18,23H,10-15,19H2,1-5H3;3-6,13-14,16,20,26H,7-12,15H2,1-2H3;;;. The van der Waals surface area contributed by atoms with Crippen LogP contribution >= 0.6 is 0 Å². The maximum Gasteiger partial charge on any atom is 0.410 e. The molecule has 3 aliphatic heterocycles. The molecule has 608 valence electrons. The van der Waals surface area contributed by atoms with Crippen molar-refractivity contribution >= 4 is 63.7 Å². The van der Waals surface area contributed by atoms with Crippen molar-refractivity contribution in [2.45, 2.75) is 203 Å². The van der Waals surface area contributed by atoms with Gasteiger partial charge in [0.2, 0.25) is 0 Å². The second-order valence-electron chi connectivity index (χ2n) is 31.1. The fraction of sp³-hybridized carbons (Fsp3) is 0.453. The molecule has 2 unspecified atom stereocenters. The van der Waals surface area contributed by atoms with Crippen molar-refractivity contribution in [3.8, 4) is 0 Å². The lowest BCUT2D eigenvalue weighted by Gasteiger charge is -2.42. The molecule has 6 heterocycles. The van der Waals surface area contributed by atoms with Gasteiger partial charge in [0.05, 0.1) is 51.7 Å². The molecule has 1 N–H and O–H groups in total. The van der Waals surface area contributed by atoms with E-state index in [4.69, 9.17) is 38.2 Å². The minimum absolute atomic E-state index is 0.0115. The molecule has 3 saturated heterocycles. The zero-order valence-corrected chi connectivity index (χ0v) is 67.4. The molecule has 3 aliphatic rings. The first-order valence-electron chi connectivity index (χ1n) is 38.2. The number of nitrogens with zero attached hydrogens (tertiary/aromatic N) is 11. The number of fused-ring (bicyclic) bond motifs is 3. The second-order valence-corrected chi connectivity index (χ2v) is 31.1. The highest BCUT2D eigenvalue weighted by molar-refractivity contribution is 5.77. The zero-order chi connectivity index (χ0) is 83.6. The van der Waals surface area contributed by atoms with Gasteiger partial charge in [-0.2, -0.15) is 28.8 Å². The molecule has 28 heteroatoms. The van der Waals surface area contributed by atoms with E-state index in [9.17, 15) is 37.1 Å². The number of benzene rings is 6.